The molecule has 5 nitrogen and oxygen atoms in total. The van der Waals surface area contributed by atoms with Gasteiger partial charge >= 0.3 is 0 Å². The molecule has 2 rings (SSSR count). The number of hydrogen-bond acceptors (Lipinski definition) is 4. The minimum absolute atomic E-state index is 0.00280. The van der Waals surface area contributed by atoms with Crippen molar-refractivity contribution in [1.29, 1.82) is 0 Å². The summed E-state index contributed by atoms with van der Waals surface area (Å²) in [4.78, 5) is 17.7. The standard InChI is InChI=1S/C11H14ClFN4O/c1-16-2-4-17(5-3-16)15-11(18)9-6-8(13)7-14-10(9)12/h6-7H,2-5H2,1H3,(H,15,18). The Hall–Kier alpha value is -1.24. The topological polar surface area (TPSA) is 48.5 Å². The van der Waals surface area contributed by atoms with Gasteiger partial charge in [0, 0.05) is 26.2 Å². The third-order valence-corrected chi connectivity index (χ3v) is 3.11. The summed E-state index contributed by atoms with van der Waals surface area (Å²) in [6, 6.07) is 1.08. The molecule has 1 fully saturated rings. The Bertz CT molecular complexity index is 449. The first kappa shape index (κ1) is 13.2. The van der Waals surface area contributed by atoms with Crippen molar-refractivity contribution in [2.75, 3.05) is 33.2 Å². The van der Waals surface area contributed by atoms with Crippen LogP contribution in [0.1, 0.15) is 10.4 Å². The molecule has 0 bridgehead atoms. The fourth-order valence-electron chi connectivity index (χ4n) is 1.70. The number of piperazine rings is 1. The minimum atomic E-state index is -0.581. The van der Waals surface area contributed by atoms with E-state index in [-0.39, 0.29) is 10.7 Å². The van der Waals surface area contributed by atoms with E-state index < -0.39 is 11.7 Å². The van der Waals surface area contributed by atoms with E-state index in [1.807, 2.05) is 7.05 Å². The number of carbonyl (C=O) groups is 1. The molecule has 0 unspecified atom stereocenters. The predicted octanol–water partition coefficient (Wildman–Crippen LogP) is 0.766. The second kappa shape index (κ2) is 5.60. The van der Waals surface area contributed by atoms with Gasteiger partial charge in [0.2, 0.25) is 0 Å². The van der Waals surface area contributed by atoms with Crippen LogP contribution in [-0.2, 0) is 0 Å². The minimum Gasteiger partial charge on any atom is -0.304 e. The number of hydrazine groups is 1. The van der Waals surface area contributed by atoms with Crippen LogP contribution in [0.15, 0.2) is 12.3 Å². The summed E-state index contributed by atoms with van der Waals surface area (Å²) in [5.41, 5.74) is 2.75. The average molecular weight is 273 g/mol. The van der Waals surface area contributed by atoms with Crippen molar-refractivity contribution in [2.45, 2.75) is 0 Å². The Morgan fingerprint density at radius 2 is 2.11 bits per heavy atom. The molecule has 0 aliphatic carbocycles. The molecule has 0 spiro atoms. The van der Waals surface area contributed by atoms with Gasteiger partial charge in [-0.05, 0) is 13.1 Å². The Balaban J connectivity index is 2.01. The Labute approximate surface area is 110 Å². The van der Waals surface area contributed by atoms with Gasteiger partial charge in [-0.2, -0.15) is 0 Å². The van der Waals surface area contributed by atoms with Crippen LogP contribution in [0, 0.1) is 5.82 Å². The number of halogens is 2. The van der Waals surface area contributed by atoms with E-state index in [9.17, 15) is 9.18 Å². The maximum Gasteiger partial charge on any atom is 0.268 e. The lowest BCUT2D eigenvalue weighted by molar-refractivity contribution is 0.0662. The number of aromatic nitrogens is 1. The lowest BCUT2D eigenvalue weighted by atomic mass is 10.2. The summed E-state index contributed by atoms with van der Waals surface area (Å²) in [5, 5.41) is 1.80. The van der Waals surface area contributed by atoms with E-state index in [1.165, 1.54) is 0 Å². The molecule has 0 radical (unpaired) electrons. The summed E-state index contributed by atoms with van der Waals surface area (Å²) in [6.45, 7) is 3.19. The third-order valence-electron chi connectivity index (χ3n) is 2.81. The highest BCUT2D eigenvalue weighted by Crippen LogP contribution is 2.13. The summed E-state index contributed by atoms with van der Waals surface area (Å²) in [5.74, 6) is -1.01. The van der Waals surface area contributed by atoms with Gasteiger partial charge in [0.25, 0.3) is 5.91 Å². The van der Waals surface area contributed by atoms with Crippen LogP contribution in [-0.4, -0.2) is 54.0 Å². The highest BCUT2D eigenvalue weighted by Gasteiger charge is 2.18. The van der Waals surface area contributed by atoms with Crippen LogP contribution < -0.4 is 5.43 Å². The molecule has 0 saturated carbocycles. The molecule has 1 saturated heterocycles. The Morgan fingerprint density at radius 1 is 1.44 bits per heavy atom. The molecular weight excluding hydrogens is 259 g/mol. The summed E-state index contributed by atoms with van der Waals surface area (Å²) in [7, 11) is 2.02. The highest BCUT2D eigenvalue weighted by atomic mass is 35.5. The molecule has 1 aliphatic rings. The summed E-state index contributed by atoms with van der Waals surface area (Å²) < 4.78 is 13.0. The molecule has 2 heterocycles. The smallest absolute Gasteiger partial charge is 0.268 e. The molecule has 1 amide bonds. The third kappa shape index (κ3) is 3.16. The Kier molecular flexibility index (Phi) is 4.11. The van der Waals surface area contributed by atoms with Crippen LogP contribution in [0.25, 0.3) is 0 Å². The maximum absolute atomic E-state index is 13.0. The van der Waals surface area contributed by atoms with Crippen LogP contribution in [0.3, 0.4) is 0 Å². The number of amides is 1. The number of pyridine rings is 1. The highest BCUT2D eigenvalue weighted by molar-refractivity contribution is 6.32. The number of rotatable bonds is 2. The maximum atomic E-state index is 13.0. The molecule has 7 heteroatoms. The first-order valence-electron chi connectivity index (χ1n) is 5.62. The number of carbonyl (C=O) groups excluding carboxylic acids is 1. The van der Waals surface area contributed by atoms with Crippen LogP contribution in [0.5, 0.6) is 0 Å². The number of nitrogens with one attached hydrogen (secondary N) is 1. The monoisotopic (exact) mass is 272 g/mol. The lowest BCUT2D eigenvalue weighted by Crippen LogP contribution is -2.52. The van der Waals surface area contributed by atoms with E-state index in [0.29, 0.717) is 0 Å². The fourth-order valence-corrected chi connectivity index (χ4v) is 1.89. The number of hydrogen-bond donors (Lipinski definition) is 1. The average Bonchev–Trinajstić information content (AvgIpc) is 2.35. The van der Waals surface area contributed by atoms with Gasteiger partial charge in [0.1, 0.15) is 11.0 Å². The van der Waals surface area contributed by atoms with Crippen molar-refractivity contribution in [3.8, 4) is 0 Å². The fraction of sp³-hybridized carbons (Fsp3) is 0.455. The van der Waals surface area contributed by atoms with Gasteiger partial charge in [0.15, 0.2) is 0 Å². The van der Waals surface area contributed by atoms with E-state index in [2.05, 4.69) is 15.3 Å². The van der Waals surface area contributed by atoms with Crippen LogP contribution in [0.4, 0.5) is 4.39 Å². The van der Waals surface area contributed by atoms with Crippen molar-refractivity contribution in [3.05, 3.63) is 28.8 Å². The van der Waals surface area contributed by atoms with Crippen molar-refractivity contribution in [1.82, 2.24) is 20.3 Å². The first-order chi connectivity index (χ1) is 8.56. The van der Waals surface area contributed by atoms with Gasteiger partial charge < -0.3 is 4.90 Å². The quantitative estimate of drug-likeness (QED) is 0.808. The zero-order chi connectivity index (χ0) is 13.1. The molecular formula is C11H14ClFN4O. The van der Waals surface area contributed by atoms with Crippen molar-refractivity contribution in [2.24, 2.45) is 0 Å². The normalized spacial score (nSPS) is 17.7. The summed E-state index contributed by atoms with van der Waals surface area (Å²) in [6.07, 6.45) is 0.981. The molecule has 98 valence electrons. The van der Waals surface area contributed by atoms with E-state index in [4.69, 9.17) is 11.6 Å². The SMILES string of the molecule is CN1CCN(NC(=O)c2cc(F)cnc2Cl)CC1. The zero-order valence-electron chi connectivity index (χ0n) is 9.99. The molecule has 1 aliphatic heterocycles. The molecule has 1 aromatic rings. The molecule has 1 N–H and O–H groups in total. The Morgan fingerprint density at radius 3 is 2.78 bits per heavy atom. The van der Waals surface area contributed by atoms with Gasteiger partial charge in [-0.15, -0.1) is 0 Å². The zero-order valence-corrected chi connectivity index (χ0v) is 10.7. The predicted molar refractivity (Wildman–Crippen MR) is 65.7 cm³/mol. The van der Waals surface area contributed by atoms with E-state index in [0.717, 1.165) is 38.4 Å². The largest absolute Gasteiger partial charge is 0.304 e. The number of nitrogens with zero attached hydrogens (tertiary/aromatic N) is 3. The molecule has 18 heavy (non-hydrogen) atoms. The molecule has 0 atom stereocenters. The van der Waals surface area contributed by atoms with Gasteiger partial charge in [-0.25, -0.2) is 14.4 Å². The van der Waals surface area contributed by atoms with Crippen molar-refractivity contribution >= 4 is 17.5 Å². The van der Waals surface area contributed by atoms with Gasteiger partial charge in [0.05, 0.1) is 11.8 Å². The summed E-state index contributed by atoms with van der Waals surface area (Å²) >= 11 is 5.77. The second-order valence-corrected chi connectivity index (χ2v) is 4.58. The second-order valence-electron chi connectivity index (χ2n) is 4.22. The van der Waals surface area contributed by atoms with Crippen LogP contribution in [0.2, 0.25) is 5.15 Å². The van der Waals surface area contributed by atoms with Gasteiger partial charge in [-0.1, -0.05) is 11.6 Å². The molecule has 1 aromatic heterocycles. The number of likely N-dealkylation sites (N-methyl/N-ethyl adjacent to an activating group) is 1. The van der Waals surface area contributed by atoms with Crippen LogP contribution >= 0.6 is 11.6 Å². The van der Waals surface area contributed by atoms with E-state index >= 15 is 0 Å². The van der Waals surface area contributed by atoms with E-state index in [1.54, 1.807) is 5.01 Å². The van der Waals surface area contributed by atoms with Gasteiger partial charge in [-0.3, -0.25) is 10.2 Å². The van der Waals surface area contributed by atoms with Crippen molar-refractivity contribution < 1.29 is 9.18 Å². The van der Waals surface area contributed by atoms with Crippen molar-refractivity contribution in [3.63, 3.8) is 0 Å². The lowest BCUT2D eigenvalue weighted by Gasteiger charge is -2.32. The molecule has 0 aromatic carbocycles. The first-order valence-corrected chi connectivity index (χ1v) is 5.99.